The van der Waals surface area contributed by atoms with E-state index in [4.69, 9.17) is 0 Å². The van der Waals surface area contributed by atoms with E-state index in [-0.39, 0.29) is 12.3 Å². The molecule has 0 radical (unpaired) electrons. The summed E-state index contributed by atoms with van der Waals surface area (Å²) in [4.78, 5) is 23.3. The lowest BCUT2D eigenvalue weighted by Gasteiger charge is -2.32. The second kappa shape index (κ2) is 7.27. The summed E-state index contributed by atoms with van der Waals surface area (Å²) >= 11 is 0. The van der Waals surface area contributed by atoms with Crippen LogP contribution < -0.4 is 10.6 Å². The molecule has 0 aliphatic carbocycles. The SMILES string of the molecule is CCOC(=O)[C@@](NC(=O)Nc1ccc(F)cc1)(OC)C(F)(F)F. The molecule has 0 aromatic heterocycles. The Morgan fingerprint density at radius 1 is 1.17 bits per heavy atom. The van der Waals surface area contributed by atoms with Gasteiger partial charge in [-0.3, -0.25) is 5.32 Å². The smallest absolute Gasteiger partial charge is 0.448 e. The summed E-state index contributed by atoms with van der Waals surface area (Å²) in [7, 11) is 0.600. The summed E-state index contributed by atoms with van der Waals surface area (Å²) in [5.74, 6) is -2.41. The standard InChI is InChI=1S/C13H14F4N2O4/c1-3-23-10(20)12(22-2,13(15,16)17)19-11(21)18-9-6-4-8(14)5-7-9/h4-7H,3H2,1-2H3,(H2,18,19,21)/t12-/m1/s1. The van der Waals surface area contributed by atoms with Gasteiger partial charge in [-0.05, 0) is 31.2 Å². The van der Waals surface area contributed by atoms with Gasteiger partial charge in [-0.25, -0.2) is 14.0 Å². The molecule has 0 heterocycles. The maximum atomic E-state index is 13.2. The van der Waals surface area contributed by atoms with Gasteiger partial charge in [0.25, 0.3) is 0 Å². The normalized spacial score (nSPS) is 13.8. The zero-order chi connectivity index (χ0) is 17.7. The van der Waals surface area contributed by atoms with Crippen molar-refractivity contribution in [2.24, 2.45) is 0 Å². The van der Waals surface area contributed by atoms with Crippen molar-refractivity contribution in [3.8, 4) is 0 Å². The minimum atomic E-state index is -5.27. The first-order chi connectivity index (χ1) is 10.7. The summed E-state index contributed by atoms with van der Waals surface area (Å²) in [5, 5.41) is 3.43. The third-order valence-electron chi connectivity index (χ3n) is 2.66. The van der Waals surface area contributed by atoms with Crippen molar-refractivity contribution in [1.29, 1.82) is 0 Å². The summed E-state index contributed by atoms with van der Waals surface area (Å²) < 4.78 is 60.8. The molecular weight excluding hydrogens is 324 g/mol. The highest BCUT2D eigenvalue weighted by atomic mass is 19.4. The van der Waals surface area contributed by atoms with Crippen LogP contribution in [-0.2, 0) is 14.3 Å². The highest BCUT2D eigenvalue weighted by molar-refractivity contribution is 5.94. The van der Waals surface area contributed by atoms with Crippen LogP contribution in [0.15, 0.2) is 24.3 Å². The van der Waals surface area contributed by atoms with Gasteiger partial charge in [-0.1, -0.05) is 0 Å². The van der Waals surface area contributed by atoms with Crippen LogP contribution in [0.3, 0.4) is 0 Å². The topological polar surface area (TPSA) is 76.7 Å². The largest absolute Gasteiger partial charge is 0.462 e. The molecule has 0 saturated heterocycles. The van der Waals surface area contributed by atoms with Crippen LogP contribution >= 0.6 is 0 Å². The third kappa shape index (κ3) is 4.31. The molecule has 0 bridgehead atoms. The molecule has 0 spiro atoms. The molecule has 0 unspecified atom stereocenters. The minimum Gasteiger partial charge on any atom is -0.462 e. The Balaban J connectivity index is 2.98. The van der Waals surface area contributed by atoms with Crippen LogP contribution in [0.25, 0.3) is 0 Å². The predicted molar refractivity (Wildman–Crippen MR) is 71.0 cm³/mol. The Morgan fingerprint density at radius 3 is 2.17 bits per heavy atom. The van der Waals surface area contributed by atoms with Crippen molar-refractivity contribution in [1.82, 2.24) is 5.32 Å². The average Bonchev–Trinajstić information content (AvgIpc) is 2.46. The Kier molecular flexibility index (Phi) is 5.91. The molecule has 1 rings (SSSR count). The molecule has 1 aromatic rings. The Labute approximate surface area is 128 Å². The van der Waals surface area contributed by atoms with Gasteiger partial charge in [0.1, 0.15) is 5.82 Å². The van der Waals surface area contributed by atoms with Gasteiger partial charge in [-0.2, -0.15) is 13.2 Å². The van der Waals surface area contributed by atoms with Crippen LogP contribution in [-0.4, -0.2) is 37.6 Å². The molecule has 0 aliphatic heterocycles. The van der Waals surface area contributed by atoms with Crippen molar-refractivity contribution in [2.45, 2.75) is 18.8 Å². The van der Waals surface area contributed by atoms with Crippen LogP contribution in [0.1, 0.15) is 6.92 Å². The summed E-state index contributed by atoms with van der Waals surface area (Å²) in [5.41, 5.74) is -3.65. The maximum absolute atomic E-state index is 13.2. The highest BCUT2D eigenvalue weighted by Gasteiger charge is 2.64. The average molecular weight is 338 g/mol. The monoisotopic (exact) mass is 338 g/mol. The fourth-order valence-corrected chi connectivity index (χ4v) is 1.58. The summed E-state index contributed by atoms with van der Waals surface area (Å²) in [6.07, 6.45) is -5.27. The van der Waals surface area contributed by atoms with Gasteiger partial charge in [-0.15, -0.1) is 0 Å². The number of alkyl halides is 3. The Bertz CT molecular complexity index is 562. The van der Waals surface area contributed by atoms with E-state index in [0.29, 0.717) is 7.11 Å². The number of rotatable bonds is 5. The fraction of sp³-hybridized carbons (Fsp3) is 0.385. The predicted octanol–water partition coefficient (Wildman–Crippen LogP) is 2.42. The van der Waals surface area contributed by atoms with E-state index >= 15 is 0 Å². The van der Waals surface area contributed by atoms with E-state index in [2.05, 4.69) is 9.47 Å². The van der Waals surface area contributed by atoms with E-state index < -0.39 is 29.7 Å². The van der Waals surface area contributed by atoms with Crippen molar-refractivity contribution in [3.05, 3.63) is 30.1 Å². The number of amides is 2. The quantitative estimate of drug-likeness (QED) is 0.491. The van der Waals surface area contributed by atoms with Crippen molar-refractivity contribution < 1.29 is 36.6 Å². The zero-order valence-electron chi connectivity index (χ0n) is 12.2. The van der Waals surface area contributed by atoms with E-state index in [0.717, 1.165) is 24.3 Å². The van der Waals surface area contributed by atoms with E-state index in [1.807, 2.05) is 5.32 Å². The molecular formula is C13H14F4N2O4. The number of methoxy groups -OCH3 is 1. The van der Waals surface area contributed by atoms with Gasteiger partial charge in [0.15, 0.2) is 0 Å². The number of anilines is 1. The number of hydrogen-bond acceptors (Lipinski definition) is 4. The van der Waals surface area contributed by atoms with Crippen molar-refractivity contribution in [2.75, 3.05) is 19.0 Å². The molecule has 6 nitrogen and oxygen atoms in total. The van der Waals surface area contributed by atoms with Crippen LogP contribution in [0, 0.1) is 5.82 Å². The van der Waals surface area contributed by atoms with Crippen molar-refractivity contribution in [3.63, 3.8) is 0 Å². The molecule has 1 aromatic carbocycles. The lowest BCUT2D eigenvalue weighted by molar-refractivity contribution is -0.276. The van der Waals surface area contributed by atoms with Gasteiger partial charge >= 0.3 is 23.9 Å². The van der Waals surface area contributed by atoms with Gasteiger partial charge < -0.3 is 14.8 Å². The van der Waals surface area contributed by atoms with E-state index in [1.165, 1.54) is 12.2 Å². The Hall–Kier alpha value is -2.36. The van der Waals surface area contributed by atoms with Gasteiger partial charge in [0, 0.05) is 12.8 Å². The number of hydrogen-bond donors (Lipinski definition) is 2. The Morgan fingerprint density at radius 2 is 1.74 bits per heavy atom. The van der Waals surface area contributed by atoms with E-state index in [9.17, 15) is 27.2 Å². The molecule has 0 saturated carbocycles. The fourth-order valence-electron chi connectivity index (χ4n) is 1.58. The number of urea groups is 1. The number of halogens is 4. The second-order valence-corrected chi connectivity index (χ2v) is 4.19. The maximum Gasteiger partial charge on any atom is 0.448 e. The van der Waals surface area contributed by atoms with Gasteiger partial charge in [0.05, 0.1) is 6.61 Å². The molecule has 1 atom stereocenters. The number of carbonyl (C=O) groups is 2. The zero-order valence-corrected chi connectivity index (χ0v) is 12.2. The molecule has 2 N–H and O–H groups in total. The second-order valence-electron chi connectivity index (χ2n) is 4.19. The first-order valence-electron chi connectivity index (χ1n) is 6.30. The van der Waals surface area contributed by atoms with Crippen molar-refractivity contribution >= 4 is 17.7 Å². The minimum absolute atomic E-state index is 0.0138. The number of nitrogens with one attached hydrogen (secondary N) is 2. The van der Waals surface area contributed by atoms with E-state index in [1.54, 1.807) is 0 Å². The van der Waals surface area contributed by atoms with Crippen LogP contribution in [0.5, 0.6) is 0 Å². The van der Waals surface area contributed by atoms with Crippen LogP contribution in [0.4, 0.5) is 28.0 Å². The highest BCUT2D eigenvalue weighted by Crippen LogP contribution is 2.32. The summed E-state index contributed by atoms with van der Waals surface area (Å²) in [6.45, 7) is 0.953. The summed E-state index contributed by atoms with van der Waals surface area (Å²) in [6, 6.07) is 2.86. The van der Waals surface area contributed by atoms with Gasteiger partial charge in [0.2, 0.25) is 0 Å². The third-order valence-corrected chi connectivity index (χ3v) is 2.66. The molecule has 0 fully saturated rings. The van der Waals surface area contributed by atoms with Crippen LogP contribution in [0.2, 0.25) is 0 Å². The molecule has 0 aliphatic rings. The number of esters is 1. The molecule has 128 valence electrons. The lowest BCUT2D eigenvalue weighted by Crippen LogP contribution is -2.66. The first kappa shape index (κ1) is 18.7. The number of carbonyl (C=O) groups excluding carboxylic acids is 2. The molecule has 23 heavy (non-hydrogen) atoms. The first-order valence-corrected chi connectivity index (χ1v) is 6.30. The number of ether oxygens (including phenoxy) is 2. The molecule has 2 amide bonds. The number of benzene rings is 1. The lowest BCUT2D eigenvalue weighted by atomic mass is 10.2. The molecule has 10 heteroatoms.